The van der Waals surface area contributed by atoms with E-state index in [4.69, 9.17) is 4.74 Å². The van der Waals surface area contributed by atoms with Crippen LogP contribution in [0.3, 0.4) is 0 Å². The summed E-state index contributed by atoms with van der Waals surface area (Å²) in [5.41, 5.74) is 2.46. The van der Waals surface area contributed by atoms with Crippen molar-refractivity contribution in [2.75, 3.05) is 51.8 Å². The van der Waals surface area contributed by atoms with Crippen molar-refractivity contribution in [3.8, 4) is 0 Å². The van der Waals surface area contributed by atoms with Crippen LogP contribution in [-0.4, -0.2) is 57.8 Å². The van der Waals surface area contributed by atoms with E-state index in [1.165, 1.54) is 24.1 Å². The number of hydrogen-bond acceptors (Lipinski definition) is 4. The molecule has 1 saturated heterocycles. The van der Waals surface area contributed by atoms with Crippen molar-refractivity contribution >= 4 is 11.6 Å². The lowest BCUT2D eigenvalue weighted by Gasteiger charge is -2.35. The zero-order valence-electron chi connectivity index (χ0n) is 15.5. The van der Waals surface area contributed by atoms with Gasteiger partial charge in [-0.25, -0.2) is 0 Å². The Morgan fingerprint density at radius 1 is 1.20 bits per heavy atom. The minimum atomic E-state index is 0.213. The summed E-state index contributed by atoms with van der Waals surface area (Å²) in [6.07, 6.45) is 4.48. The smallest absolute Gasteiger partial charge is 0.223 e. The molecule has 0 spiro atoms. The molecular formula is C20H31N3O2. The monoisotopic (exact) mass is 345 g/mol. The summed E-state index contributed by atoms with van der Waals surface area (Å²) in [6.45, 7) is 4.04. The highest BCUT2D eigenvalue weighted by atomic mass is 16.5. The lowest BCUT2D eigenvalue weighted by atomic mass is 10.0. The maximum Gasteiger partial charge on any atom is 0.223 e. The summed E-state index contributed by atoms with van der Waals surface area (Å²) < 4.78 is 5.51. The van der Waals surface area contributed by atoms with E-state index in [0.717, 1.165) is 39.1 Å². The van der Waals surface area contributed by atoms with E-state index in [0.29, 0.717) is 6.54 Å². The number of nitrogens with zero attached hydrogens (tertiary/aromatic N) is 2. The van der Waals surface area contributed by atoms with Crippen molar-refractivity contribution in [1.29, 1.82) is 0 Å². The van der Waals surface area contributed by atoms with Crippen LogP contribution < -0.4 is 10.2 Å². The molecule has 1 aromatic rings. The molecule has 1 saturated carbocycles. The molecule has 1 aliphatic heterocycles. The first-order chi connectivity index (χ1) is 12.1. The van der Waals surface area contributed by atoms with E-state index < -0.39 is 0 Å². The first-order valence-electron chi connectivity index (χ1n) is 9.52. The third-order valence-corrected chi connectivity index (χ3v) is 5.48. The van der Waals surface area contributed by atoms with Gasteiger partial charge < -0.3 is 15.0 Å². The highest BCUT2D eigenvalue weighted by Gasteiger charge is 2.26. The number of hydrogen-bond donors (Lipinski definition) is 1. The molecule has 0 radical (unpaired) electrons. The molecule has 2 aliphatic rings. The van der Waals surface area contributed by atoms with Crippen molar-refractivity contribution < 1.29 is 9.53 Å². The van der Waals surface area contributed by atoms with Crippen molar-refractivity contribution in [2.24, 2.45) is 5.92 Å². The zero-order chi connectivity index (χ0) is 17.6. The molecule has 1 heterocycles. The Labute approximate surface area is 151 Å². The Hall–Kier alpha value is -1.59. The van der Waals surface area contributed by atoms with Gasteiger partial charge in [-0.05, 0) is 30.5 Å². The van der Waals surface area contributed by atoms with Gasteiger partial charge in [0.25, 0.3) is 0 Å². The van der Waals surface area contributed by atoms with Crippen molar-refractivity contribution in [3.63, 3.8) is 0 Å². The largest absolute Gasteiger partial charge is 0.379 e. The number of amides is 1. The summed E-state index contributed by atoms with van der Waals surface area (Å²) in [4.78, 5) is 17.0. The molecule has 5 heteroatoms. The Morgan fingerprint density at radius 2 is 1.84 bits per heavy atom. The normalized spacial score (nSPS) is 20.4. The third kappa shape index (κ3) is 4.73. The van der Waals surface area contributed by atoms with Crippen molar-refractivity contribution in [1.82, 2.24) is 10.2 Å². The van der Waals surface area contributed by atoms with Gasteiger partial charge in [0.15, 0.2) is 0 Å². The first-order valence-corrected chi connectivity index (χ1v) is 9.52. The topological polar surface area (TPSA) is 44.8 Å². The minimum Gasteiger partial charge on any atom is -0.379 e. The van der Waals surface area contributed by atoms with Gasteiger partial charge in [0.05, 0.1) is 19.3 Å². The lowest BCUT2D eigenvalue weighted by Crippen LogP contribution is -2.44. The second kappa shape index (κ2) is 8.68. The average Bonchev–Trinajstić information content (AvgIpc) is 3.18. The van der Waals surface area contributed by atoms with Gasteiger partial charge >= 0.3 is 0 Å². The number of morpholine rings is 1. The summed E-state index contributed by atoms with van der Waals surface area (Å²) in [7, 11) is 4.10. The Balaban J connectivity index is 1.68. The van der Waals surface area contributed by atoms with Gasteiger partial charge in [-0.3, -0.25) is 9.69 Å². The Bertz CT molecular complexity index is 547. The number of ether oxygens (including phenoxy) is 1. The van der Waals surface area contributed by atoms with Crippen LogP contribution in [0.5, 0.6) is 0 Å². The fraction of sp³-hybridized carbons (Fsp3) is 0.650. The summed E-state index contributed by atoms with van der Waals surface area (Å²) in [5.74, 6) is 0.460. The van der Waals surface area contributed by atoms with Crippen LogP contribution >= 0.6 is 0 Å². The standard InChI is InChI=1S/C20H31N3O2/c1-22(2)18-9-7-16(8-10-18)19(23-11-13-25-14-12-23)15-21-20(24)17-5-3-4-6-17/h7-10,17,19H,3-6,11-15H2,1-2H3,(H,21,24). The molecule has 1 unspecified atom stereocenters. The number of nitrogens with one attached hydrogen (secondary N) is 1. The van der Waals surface area contributed by atoms with Crippen molar-refractivity contribution in [3.05, 3.63) is 29.8 Å². The van der Waals surface area contributed by atoms with Gasteiger partial charge in [-0.15, -0.1) is 0 Å². The van der Waals surface area contributed by atoms with Crippen LogP contribution in [0, 0.1) is 5.92 Å². The fourth-order valence-electron chi connectivity index (χ4n) is 3.87. The fourth-order valence-corrected chi connectivity index (χ4v) is 3.87. The first kappa shape index (κ1) is 18.2. The number of benzene rings is 1. The van der Waals surface area contributed by atoms with E-state index in [2.05, 4.69) is 53.5 Å². The van der Waals surface area contributed by atoms with E-state index in [1.54, 1.807) is 0 Å². The summed E-state index contributed by atoms with van der Waals surface area (Å²) in [5, 5.41) is 3.23. The quantitative estimate of drug-likeness (QED) is 0.860. The van der Waals surface area contributed by atoms with Gasteiger partial charge in [0, 0.05) is 45.3 Å². The van der Waals surface area contributed by atoms with Gasteiger partial charge in [0.2, 0.25) is 5.91 Å². The molecule has 1 aliphatic carbocycles. The van der Waals surface area contributed by atoms with Crippen molar-refractivity contribution in [2.45, 2.75) is 31.7 Å². The van der Waals surface area contributed by atoms with E-state index in [9.17, 15) is 4.79 Å². The van der Waals surface area contributed by atoms with Crippen LogP contribution in [0.15, 0.2) is 24.3 Å². The van der Waals surface area contributed by atoms with E-state index in [-0.39, 0.29) is 17.9 Å². The average molecular weight is 345 g/mol. The maximum absolute atomic E-state index is 12.4. The minimum absolute atomic E-state index is 0.213. The molecule has 5 nitrogen and oxygen atoms in total. The van der Waals surface area contributed by atoms with Crippen LogP contribution in [0.4, 0.5) is 5.69 Å². The molecule has 25 heavy (non-hydrogen) atoms. The SMILES string of the molecule is CN(C)c1ccc(C(CNC(=O)C2CCCC2)N2CCOCC2)cc1. The van der Waals surface area contributed by atoms with Crippen LogP contribution in [0.25, 0.3) is 0 Å². The second-order valence-corrected chi connectivity index (χ2v) is 7.38. The Morgan fingerprint density at radius 3 is 2.44 bits per heavy atom. The second-order valence-electron chi connectivity index (χ2n) is 7.38. The predicted molar refractivity (Wildman–Crippen MR) is 101 cm³/mol. The molecular weight excluding hydrogens is 314 g/mol. The molecule has 0 aromatic heterocycles. The number of anilines is 1. The zero-order valence-corrected chi connectivity index (χ0v) is 15.5. The van der Waals surface area contributed by atoms with Crippen LogP contribution in [-0.2, 0) is 9.53 Å². The predicted octanol–water partition coefficient (Wildman–Crippen LogP) is 2.43. The van der Waals surface area contributed by atoms with Gasteiger partial charge in [0.1, 0.15) is 0 Å². The molecule has 0 bridgehead atoms. The molecule has 1 amide bonds. The van der Waals surface area contributed by atoms with Crippen LogP contribution in [0.1, 0.15) is 37.3 Å². The van der Waals surface area contributed by atoms with E-state index in [1.807, 2.05) is 0 Å². The maximum atomic E-state index is 12.4. The third-order valence-electron chi connectivity index (χ3n) is 5.48. The molecule has 2 fully saturated rings. The molecule has 3 rings (SSSR count). The van der Waals surface area contributed by atoms with Gasteiger partial charge in [-0.1, -0.05) is 25.0 Å². The highest BCUT2D eigenvalue weighted by molar-refractivity contribution is 5.78. The number of carbonyl (C=O) groups is 1. The highest BCUT2D eigenvalue weighted by Crippen LogP contribution is 2.26. The summed E-state index contributed by atoms with van der Waals surface area (Å²) >= 11 is 0. The number of carbonyl (C=O) groups excluding carboxylic acids is 1. The molecule has 138 valence electrons. The Kier molecular flexibility index (Phi) is 6.32. The lowest BCUT2D eigenvalue weighted by molar-refractivity contribution is -0.125. The molecule has 1 aromatic carbocycles. The van der Waals surface area contributed by atoms with Crippen LogP contribution in [0.2, 0.25) is 0 Å². The number of rotatable bonds is 6. The van der Waals surface area contributed by atoms with E-state index >= 15 is 0 Å². The molecule has 1 atom stereocenters. The van der Waals surface area contributed by atoms with Gasteiger partial charge in [-0.2, -0.15) is 0 Å². The summed E-state index contributed by atoms with van der Waals surface area (Å²) in [6, 6.07) is 8.91. The molecule has 1 N–H and O–H groups in total.